The number of hydrogen-bond acceptors (Lipinski definition) is 4. The van der Waals surface area contributed by atoms with E-state index < -0.39 is 0 Å². The summed E-state index contributed by atoms with van der Waals surface area (Å²) in [6.45, 7) is 3.93. The Kier molecular flexibility index (Phi) is 5.67. The minimum Gasteiger partial charge on any atom is -0.322 e. The number of hydrogen-bond donors (Lipinski definition) is 2. The lowest BCUT2D eigenvalue weighted by molar-refractivity contribution is 0.102. The van der Waals surface area contributed by atoms with Crippen LogP contribution >= 0.6 is 11.6 Å². The van der Waals surface area contributed by atoms with E-state index in [1.165, 1.54) is 24.0 Å². The molecule has 0 radical (unpaired) electrons. The molecule has 1 saturated heterocycles. The third kappa shape index (κ3) is 4.29. The van der Waals surface area contributed by atoms with Gasteiger partial charge in [0, 0.05) is 23.1 Å². The molecule has 0 unspecified atom stereocenters. The van der Waals surface area contributed by atoms with Gasteiger partial charge in [0.1, 0.15) is 6.07 Å². The van der Waals surface area contributed by atoms with Crippen molar-refractivity contribution in [2.24, 2.45) is 0 Å². The highest BCUT2D eigenvalue weighted by atomic mass is 35.5. The largest absolute Gasteiger partial charge is 0.322 e. The van der Waals surface area contributed by atoms with Crippen LogP contribution < -0.4 is 10.6 Å². The smallest absolute Gasteiger partial charge is 0.257 e. The molecule has 2 heterocycles. The van der Waals surface area contributed by atoms with Gasteiger partial charge in [0.25, 0.3) is 5.91 Å². The second-order valence-electron chi connectivity index (χ2n) is 6.25. The van der Waals surface area contributed by atoms with Gasteiger partial charge in [-0.1, -0.05) is 23.3 Å². The maximum Gasteiger partial charge on any atom is 0.257 e. The maximum atomic E-state index is 12.5. The summed E-state index contributed by atoms with van der Waals surface area (Å²) in [6.07, 6.45) is 7.05. The standard InChI is InChI=1S/C20H19ClN4O/c1-13-16(6-14-2-4-23-5-3-14)8-18(21)9-19(13)25-20(26)17-7-15(10-22)11-24-12-17/h6-9,11-12,23H,2-5H2,1H3,(H,25,26). The molecule has 1 amide bonds. The zero-order valence-electron chi connectivity index (χ0n) is 14.5. The number of pyridine rings is 1. The number of carbonyl (C=O) groups excluding carboxylic acids is 1. The second kappa shape index (κ2) is 8.13. The van der Waals surface area contributed by atoms with E-state index in [9.17, 15) is 4.79 Å². The third-order valence-corrected chi connectivity index (χ3v) is 4.61. The Labute approximate surface area is 157 Å². The summed E-state index contributed by atoms with van der Waals surface area (Å²) in [6, 6.07) is 7.15. The second-order valence-corrected chi connectivity index (χ2v) is 6.68. The van der Waals surface area contributed by atoms with Gasteiger partial charge < -0.3 is 10.6 Å². The number of carbonyl (C=O) groups is 1. The van der Waals surface area contributed by atoms with Gasteiger partial charge in [0.2, 0.25) is 0 Å². The van der Waals surface area contributed by atoms with Crippen LogP contribution in [0.15, 0.2) is 36.2 Å². The third-order valence-electron chi connectivity index (χ3n) is 4.40. The molecule has 0 spiro atoms. The number of nitriles is 1. The van der Waals surface area contributed by atoms with Crippen LogP contribution in [0.2, 0.25) is 5.02 Å². The fourth-order valence-corrected chi connectivity index (χ4v) is 3.14. The average Bonchev–Trinajstić information content (AvgIpc) is 2.66. The van der Waals surface area contributed by atoms with Crippen molar-refractivity contribution in [3.8, 4) is 6.07 Å². The molecular weight excluding hydrogens is 348 g/mol. The van der Waals surface area contributed by atoms with Crippen LogP contribution in [-0.4, -0.2) is 24.0 Å². The molecule has 2 aromatic rings. The first kappa shape index (κ1) is 18.1. The van der Waals surface area contributed by atoms with Gasteiger partial charge in [-0.15, -0.1) is 0 Å². The summed E-state index contributed by atoms with van der Waals surface area (Å²) in [5.74, 6) is -0.319. The molecule has 0 atom stereocenters. The Morgan fingerprint density at radius 2 is 2.08 bits per heavy atom. The van der Waals surface area contributed by atoms with Gasteiger partial charge in [0.15, 0.2) is 0 Å². The number of aromatic nitrogens is 1. The van der Waals surface area contributed by atoms with Crippen LogP contribution in [0.5, 0.6) is 0 Å². The van der Waals surface area contributed by atoms with Crippen molar-refractivity contribution in [1.82, 2.24) is 10.3 Å². The number of benzene rings is 1. The van der Waals surface area contributed by atoms with E-state index in [0.717, 1.165) is 37.1 Å². The lowest BCUT2D eigenvalue weighted by Gasteiger charge is -2.17. The molecule has 1 aromatic heterocycles. The van der Waals surface area contributed by atoms with E-state index in [4.69, 9.17) is 16.9 Å². The van der Waals surface area contributed by atoms with Crippen molar-refractivity contribution in [2.45, 2.75) is 19.8 Å². The molecule has 5 nitrogen and oxygen atoms in total. The normalized spacial score (nSPS) is 13.8. The molecule has 0 aliphatic carbocycles. The summed E-state index contributed by atoms with van der Waals surface area (Å²) in [7, 11) is 0. The zero-order chi connectivity index (χ0) is 18.5. The summed E-state index contributed by atoms with van der Waals surface area (Å²) in [5.41, 5.74) is 4.67. The van der Waals surface area contributed by atoms with Crippen molar-refractivity contribution < 1.29 is 4.79 Å². The van der Waals surface area contributed by atoms with Crippen molar-refractivity contribution in [3.05, 3.63) is 63.4 Å². The van der Waals surface area contributed by atoms with Gasteiger partial charge >= 0.3 is 0 Å². The molecule has 1 aliphatic rings. The first-order chi connectivity index (χ1) is 12.6. The van der Waals surface area contributed by atoms with E-state index in [-0.39, 0.29) is 5.91 Å². The summed E-state index contributed by atoms with van der Waals surface area (Å²) in [5, 5.41) is 15.7. The van der Waals surface area contributed by atoms with Crippen molar-refractivity contribution >= 4 is 29.3 Å². The molecule has 26 heavy (non-hydrogen) atoms. The number of halogens is 1. The number of nitrogens with one attached hydrogen (secondary N) is 2. The van der Waals surface area contributed by atoms with E-state index in [0.29, 0.717) is 21.8 Å². The quantitative estimate of drug-likeness (QED) is 0.862. The van der Waals surface area contributed by atoms with Crippen LogP contribution in [-0.2, 0) is 0 Å². The molecule has 3 rings (SSSR count). The molecule has 0 bridgehead atoms. The SMILES string of the molecule is Cc1c(C=C2CCNCC2)cc(Cl)cc1NC(=O)c1cncc(C#N)c1. The summed E-state index contributed by atoms with van der Waals surface area (Å²) < 4.78 is 0. The average molecular weight is 367 g/mol. The highest BCUT2D eigenvalue weighted by molar-refractivity contribution is 6.31. The van der Waals surface area contributed by atoms with Crippen molar-refractivity contribution in [2.75, 3.05) is 18.4 Å². The Morgan fingerprint density at radius 3 is 2.81 bits per heavy atom. The lowest BCUT2D eigenvalue weighted by Crippen LogP contribution is -2.23. The van der Waals surface area contributed by atoms with E-state index in [1.807, 2.05) is 19.1 Å². The van der Waals surface area contributed by atoms with E-state index in [1.54, 1.807) is 6.07 Å². The Morgan fingerprint density at radius 1 is 1.31 bits per heavy atom. The number of anilines is 1. The first-order valence-corrected chi connectivity index (χ1v) is 8.81. The number of amides is 1. The van der Waals surface area contributed by atoms with Crippen molar-refractivity contribution in [3.63, 3.8) is 0 Å². The molecule has 6 heteroatoms. The minimum atomic E-state index is -0.319. The van der Waals surface area contributed by atoms with Crippen LogP contribution in [0.3, 0.4) is 0 Å². The fraction of sp³-hybridized carbons (Fsp3) is 0.250. The predicted molar refractivity (Wildman–Crippen MR) is 103 cm³/mol. The molecule has 0 saturated carbocycles. The highest BCUT2D eigenvalue weighted by Gasteiger charge is 2.13. The van der Waals surface area contributed by atoms with Gasteiger partial charge in [-0.2, -0.15) is 5.26 Å². The van der Waals surface area contributed by atoms with E-state index in [2.05, 4.69) is 21.7 Å². The zero-order valence-corrected chi connectivity index (χ0v) is 15.2. The van der Waals surface area contributed by atoms with Crippen LogP contribution in [0.1, 0.15) is 39.9 Å². The lowest BCUT2D eigenvalue weighted by atomic mass is 9.99. The van der Waals surface area contributed by atoms with Crippen LogP contribution in [0, 0.1) is 18.3 Å². The number of piperidine rings is 1. The first-order valence-electron chi connectivity index (χ1n) is 8.43. The number of nitrogens with zero attached hydrogens (tertiary/aromatic N) is 2. The summed E-state index contributed by atoms with van der Waals surface area (Å²) in [4.78, 5) is 16.4. The summed E-state index contributed by atoms with van der Waals surface area (Å²) >= 11 is 6.27. The molecule has 1 fully saturated rings. The molecule has 2 N–H and O–H groups in total. The number of rotatable bonds is 3. The molecule has 1 aromatic carbocycles. The van der Waals surface area contributed by atoms with Crippen molar-refractivity contribution in [1.29, 1.82) is 5.26 Å². The van der Waals surface area contributed by atoms with Crippen LogP contribution in [0.25, 0.3) is 6.08 Å². The molecular formula is C20H19ClN4O. The fourth-order valence-electron chi connectivity index (χ4n) is 2.91. The van der Waals surface area contributed by atoms with Crippen LogP contribution in [0.4, 0.5) is 5.69 Å². The monoisotopic (exact) mass is 366 g/mol. The van der Waals surface area contributed by atoms with E-state index >= 15 is 0 Å². The Balaban J connectivity index is 1.88. The van der Waals surface area contributed by atoms with Gasteiger partial charge in [-0.3, -0.25) is 9.78 Å². The molecule has 132 valence electrons. The topological polar surface area (TPSA) is 77.8 Å². The maximum absolute atomic E-state index is 12.5. The highest BCUT2D eigenvalue weighted by Crippen LogP contribution is 2.28. The predicted octanol–water partition coefficient (Wildman–Crippen LogP) is 3.93. The van der Waals surface area contributed by atoms with Gasteiger partial charge in [-0.25, -0.2) is 0 Å². The Bertz CT molecular complexity index is 907. The van der Waals surface area contributed by atoms with Gasteiger partial charge in [-0.05, 0) is 62.2 Å². The molecule has 1 aliphatic heterocycles. The Hall–Kier alpha value is -2.68. The minimum absolute atomic E-state index is 0.319. The van der Waals surface area contributed by atoms with Gasteiger partial charge in [0.05, 0.1) is 11.1 Å².